The van der Waals surface area contributed by atoms with Crippen LogP contribution in [-0.2, 0) is 0 Å². The molecule has 5 heteroatoms. The second kappa shape index (κ2) is 4.22. The van der Waals surface area contributed by atoms with E-state index in [1.807, 2.05) is 0 Å². The molecule has 1 heterocycles. The number of nitrogens with zero attached hydrogens (tertiary/aromatic N) is 3. The van der Waals surface area contributed by atoms with Crippen LogP contribution in [0.2, 0.25) is 0 Å². The first-order valence-electron chi connectivity index (χ1n) is 6.13. The Kier molecular flexibility index (Phi) is 2.70. The average Bonchev–Trinajstić information content (AvgIpc) is 3.17. The van der Waals surface area contributed by atoms with Crippen LogP contribution in [0.4, 0.5) is 5.82 Å². The summed E-state index contributed by atoms with van der Waals surface area (Å²) in [5, 5.41) is 0. The van der Waals surface area contributed by atoms with Crippen molar-refractivity contribution in [1.29, 1.82) is 0 Å². The fourth-order valence-corrected chi connectivity index (χ4v) is 2.23. The molecule has 0 aliphatic heterocycles. The van der Waals surface area contributed by atoms with Crippen LogP contribution in [0.3, 0.4) is 0 Å². The van der Waals surface area contributed by atoms with E-state index >= 15 is 0 Å². The zero-order valence-electron chi connectivity index (χ0n) is 9.67. The van der Waals surface area contributed by atoms with Crippen LogP contribution in [0, 0.1) is 5.92 Å². The number of hydrogen-bond donors (Lipinski definition) is 1. The standard InChI is InChI=1S/C12H16N4S/c13-11(17)10-12(15-6-5-14-10)16(9-3-4-9)7-8-1-2-8/h5-6,8-9H,1-4,7H2,(H2,13,17). The van der Waals surface area contributed by atoms with Crippen LogP contribution < -0.4 is 10.6 Å². The van der Waals surface area contributed by atoms with Crippen molar-refractivity contribution in [3.05, 3.63) is 18.1 Å². The molecule has 0 unspecified atom stereocenters. The molecule has 0 radical (unpaired) electrons. The lowest BCUT2D eigenvalue weighted by atomic mass is 10.3. The van der Waals surface area contributed by atoms with Crippen molar-refractivity contribution in [2.24, 2.45) is 11.7 Å². The third-order valence-electron chi connectivity index (χ3n) is 3.32. The largest absolute Gasteiger partial charge is 0.388 e. The summed E-state index contributed by atoms with van der Waals surface area (Å²) in [7, 11) is 0. The SMILES string of the molecule is NC(=S)c1nccnc1N(CC1CC1)C1CC1. The molecule has 1 aromatic heterocycles. The van der Waals surface area contributed by atoms with Gasteiger partial charge in [-0.25, -0.2) is 9.97 Å². The topological polar surface area (TPSA) is 55.0 Å². The van der Waals surface area contributed by atoms with Crippen molar-refractivity contribution in [2.45, 2.75) is 31.7 Å². The Labute approximate surface area is 106 Å². The molecule has 2 aliphatic rings. The molecule has 0 spiro atoms. The molecule has 3 rings (SSSR count). The number of hydrogen-bond acceptors (Lipinski definition) is 4. The Bertz CT molecular complexity index is 440. The predicted octanol–water partition coefficient (Wildman–Crippen LogP) is 1.49. The maximum absolute atomic E-state index is 5.72. The summed E-state index contributed by atoms with van der Waals surface area (Å²) >= 11 is 5.05. The van der Waals surface area contributed by atoms with E-state index in [1.165, 1.54) is 25.7 Å². The Morgan fingerprint density at radius 3 is 2.59 bits per heavy atom. The highest BCUT2D eigenvalue weighted by Gasteiger charge is 2.35. The lowest BCUT2D eigenvalue weighted by Crippen LogP contribution is -2.31. The van der Waals surface area contributed by atoms with Crippen LogP contribution in [-0.4, -0.2) is 27.5 Å². The average molecular weight is 248 g/mol. The van der Waals surface area contributed by atoms with Crippen LogP contribution >= 0.6 is 12.2 Å². The molecule has 0 atom stereocenters. The van der Waals surface area contributed by atoms with Crippen LogP contribution in [0.25, 0.3) is 0 Å². The van der Waals surface area contributed by atoms with Gasteiger partial charge in [0.2, 0.25) is 0 Å². The van der Waals surface area contributed by atoms with Gasteiger partial charge < -0.3 is 10.6 Å². The van der Waals surface area contributed by atoms with Gasteiger partial charge in [-0.2, -0.15) is 0 Å². The molecule has 90 valence electrons. The van der Waals surface area contributed by atoms with Crippen molar-refractivity contribution < 1.29 is 0 Å². The minimum absolute atomic E-state index is 0.342. The molecule has 2 saturated carbocycles. The molecule has 17 heavy (non-hydrogen) atoms. The van der Waals surface area contributed by atoms with Crippen molar-refractivity contribution in [3.8, 4) is 0 Å². The second-order valence-corrected chi connectivity index (χ2v) is 5.36. The summed E-state index contributed by atoms with van der Waals surface area (Å²) < 4.78 is 0. The number of aromatic nitrogens is 2. The first kappa shape index (κ1) is 10.9. The normalized spacial score (nSPS) is 19.1. The summed E-state index contributed by atoms with van der Waals surface area (Å²) in [5.41, 5.74) is 6.40. The smallest absolute Gasteiger partial charge is 0.157 e. The van der Waals surface area contributed by atoms with E-state index in [9.17, 15) is 0 Å². The zero-order chi connectivity index (χ0) is 11.8. The highest BCUT2D eigenvalue weighted by atomic mass is 32.1. The quantitative estimate of drug-likeness (QED) is 0.800. The minimum Gasteiger partial charge on any atom is -0.388 e. The fourth-order valence-electron chi connectivity index (χ4n) is 2.09. The van der Waals surface area contributed by atoms with Gasteiger partial charge in [0, 0.05) is 25.0 Å². The maximum Gasteiger partial charge on any atom is 0.157 e. The van der Waals surface area contributed by atoms with Gasteiger partial charge in [0.1, 0.15) is 10.7 Å². The molecule has 2 aliphatic carbocycles. The van der Waals surface area contributed by atoms with Crippen molar-refractivity contribution >= 4 is 23.0 Å². The van der Waals surface area contributed by atoms with Gasteiger partial charge in [-0.05, 0) is 31.6 Å². The molecule has 2 fully saturated rings. The van der Waals surface area contributed by atoms with Crippen LogP contribution in [0.5, 0.6) is 0 Å². The Balaban J connectivity index is 1.90. The van der Waals surface area contributed by atoms with Crippen molar-refractivity contribution in [2.75, 3.05) is 11.4 Å². The van der Waals surface area contributed by atoms with Gasteiger partial charge in [-0.1, -0.05) is 12.2 Å². The first-order chi connectivity index (χ1) is 8.25. The highest BCUT2D eigenvalue weighted by molar-refractivity contribution is 7.80. The third kappa shape index (κ3) is 2.39. The molecule has 0 aromatic carbocycles. The zero-order valence-corrected chi connectivity index (χ0v) is 10.5. The van der Waals surface area contributed by atoms with Gasteiger partial charge in [-0.15, -0.1) is 0 Å². The lowest BCUT2D eigenvalue weighted by molar-refractivity contribution is 0.706. The van der Waals surface area contributed by atoms with Gasteiger partial charge in [0.05, 0.1) is 0 Å². The van der Waals surface area contributed by atoms with E-state index in [2.05, 4.69) is 14.9 Å². The molecule has 0 saturated heterocycles. The summed E-state index contributed by atoms with van der Waals surface area (Å²) in [6.45, 7) is 1.08. The summed E-state index contributed by atoms with van der Waals surface area (Å²) in [4.78, 5) is 11.4. The van der Waals surface area contributed by atoms with E-state index < -0.39 is 0 Å². The van der Waals surface area contributed by atoms with E-state index in [-0.39, 0.29) is 0 Å². The van der Waals surface area contributed by atoms with Crippen LogP contribution in [0.1, 0.15) is 31.4 Å². The molecular formula is C12H16N4S. The maximum atomic E-state index is 5.72. The lowest BCUT2D eigenvalue weighted by Gasteiger charge is -2.24. The molecule has 2 N–H and O–H groups in total. The van der Waals surface area contributed by atoms with E-state index in [0.717, 1.165) is 18.3 Å². The van der Waals surface area contributed by atoms with E-state index in [4.69, 9.17) is 18.0 Å². The minimum atomic E-state index is 0.342. The molecular weight excluding hydrogens is 232 g/mol. The summed E-state index contributed by atoms with van der Waals surface area (Å²) in [5.74, 6) is 1.71. The Hall–Kier alpha value is -1.23. The van der Waals surface area contributed by atoms with Gasteiger partial charge >= 0.3 is 0 Å². The first-order valence-corrected chi connectivity index (χ1v) is 6.54. The second-order valence-electron chi connectivity index (χ2n) is 4.92. The molecule has 1 aromatic rings. The highest BCUT2D eigenvalue weighted by Crippen LogP contribution is 2.37. The number of thiocarbonyl (C=S) groups is 1. The monoisotopic (exact) mass is 248 g/mol. The predicted molar refractivity (Wildman–Crippen MR) is 71.0 cm³/mol. The third-order valence-corrected chi connectivity index (χ3v) is 3.52. The van der Waals surface area contributed by atoms with Crippen molar-refractivity contribution in [1.82, 2.24) is 9.97 Å². The number of rotatable bonds is 5. The van der Waals surface area contributed by atoms with E-state index in [1.54, 1.807) is 12.4 Å². The summed E-state index contributed by atoms with van der Waals surface area (Å²) in [6, 6.07) is 0.625. The van der Waals surface area contributed by atoms with Crippen molar-refractivity contribution in [3.63, 3.8) is 0 Å². The Morgan fingerprint density at radius 2 is 2.00 bits per heavy atom. The molecule has 0 amide bonds. The Morgan fingerprint density at radius 1 is 1.29 bits per heavy atom. The number of anilines is 1. The van der Waals surface area contributed by atoms with Gasteiger partial charge in [0.25, 0.3) is 0 Å². The summed E-state index contributed by atoms with van der Waals surface area (Å²) in [6.07, 6.45) is 8.55. The fraction of sp³-hybridized carbons (Fsp3) is 0.583. The van der Waals surface area contributed by atoms with Gasteiger partial charge in [0.15, 0.2) is 5.82 Å². The number of nitrogens with two attached hydrogens (primary N) is 1. The van der Waals surface area contributed by atoms with E-state index in [0.29, 0.717) is 16.7 Å². The van der Waals surface area contributed by atoms with Crippen LogP contribution in [0.15, 0.2) is 12.4 Å². The molecule has 4 nitrogen and oxygen atoms in total. The molecule has 0 bridgehead atoms. The van der Waals surface area contributed by atoms with Gasteiger partial charge in [-0.3, -0.25) is 0 Å².